The van der Waals surface area contributed by atoms with Crippen LogP contribution in [0.15, 0.2) is 48.8 Å². The summed E-state index contributed by atoms with van der Waals surface area (Å²) in [4.78, 5) is 16.2. The molecule has 2 aromatic heterocycles. The van der Waals surface area contributed by atoms with Gasteiger partial charge in [-0.15, -0.1) is 0 Å². The van der Waals surface area contributed by atoms with Crippen molar-refractivity contribution in [1.82, 2.24) is 15.0 Å². The first kappa shape index (κ1) is 17.3. The van der Waals surface area contributed by atoms with Crippen molar-refractivity contribution in [3.8, 4) is 11.4 Å². The first-order valence-electron chi connectivity index (χ1n) is 9.97. The van der Waals surface area contributed by atoms with Crippen molar-refractivity contribution >= 4 is 5.82 Å². The molecule has 1 aromatic carbocycles. The molecular weight excluding hydrogens is 348 g/mol. The molecule has 0 saturated carbocycles. The molecule has 1 unspecified atom stereocenters. The second-order valence-corrected chi connectivity index (χ2v) is 7.96. The molecule has 5 rings (SSSR count). The molecule has 0 amide bonds. The van der Waals surface area contributed by atoms with Crippen LogP contribution in [0.2, 0.25) is 0 Å². The first-order chi connectivity index (χ1) is 13.6. The zero-order valence-electron chi connectivity index (χ0n) is 16.1. The van der Waals surface area contributed by atoms with Gasteiger partial charge < -0.3 is 10.0 Å². The van der Waals surface area contributed by atoms with Gasteiger partial charge in [0, 0.05) is 35.8 Å². The minimum absolute atomic E-state index is 0.562. The summed E-state index contributed by atoms with van der Waals surface area (Å²) in [7, 11) is 0. The largest absolute Gasteiger partial charge is 0.383 e. The average molecular weight is 372 g/mol. The third-order valence-electron chi connectivity index (χ3n) is 5.97. The lowest BCUT2D eigenvalue weighted by Crippen LogP contribution is -2.31. The summed E-state index contributed by atoms with van der Waals surface area (Å²) < 4.78 is 0. The van der Waals surface area contributed by atoms with Gasteiger partial charge in [0.05, 0.1) is 6.54 Å². The minimum Gasteiger partial charge on any atom is -0.383 e. The van der Waals surface area contributed by atoms with Crippen molar-refractivity contribution in [1.29, 1.82) is 0 Å². The lowest BCUT2D eigenvalue weighted by molar-refractivity contribution is 0.0606. The normalized spacial score (nSPS) is 21.1. The summed E-state index contributed by atoms with van der Waals surface area (Å²) >= 11 is 0. The Morgan fingerprint density at radius 3 is 2.71 bits per heavy atom. The van der Waals surface area contributed by atoms with Crippen LogP contribution < -0.4 is 4.90 Å². The highest BCUT2D eigenvalue weighted by Crippen LogP contribution is 2.38. The molecule has 142 valence electrons. The highest BCUT2D eigenvalue weighted by Gasteiger charge is 2.39. The molecule has 1 N–H and O–H groups in total. The number of fused-ring (bicyclic) bond motifs is 1. The van der Waals surface area contributed by atoms with Gasteiger partial charge in [-0.3, -0.25) is 4.98 Å². The molecule has 0 radical (unpaired) electrons. The van der Waals surface area contributed by atoms with E-state index in [1.165, 1.54) is 11.1 Å². The lowest BCUT2D eigenvalue weighted by Gasteiger charge is -2.26. The molecule has 5 nitrogen and oxygen atoms in total. The topological polar surface area (TPSA) is 62.1 Å². The summed E-state index contributed by atoms with van der Waals surface area (Å²) in [6, 6.07) is 12.1. The number of hydrogen-bond donors (Lipinski definition) is 1. The molecule has 1 aliphatic carbocycles. The van der Waals surface area contributed by atoms with Crippen LogP contribution in [0.1, 0.15) is 35.2 Å². The van der Waals surface area contributed by atoms with Crippen molar-refractivity contribution < 1.29 is 5.11 Å². The Morgan fingerprint density at radius 2 is 1.93 bits per heavy atom. The first-order valence-corrected chi connectivity index (χ1v) is 9.97. The van der Waals surface area contributed by atoms with Crippen molar-refractivity contribution in [2.24, 2.45) is 0 Å². The van der Waals surface area contributed by atoms with E-state index in [-0.39, 0.29) is 0 Å². The van der Waals surface area contributed by atoms with Crippen LogP contribution in [0.25, 0.3) is 11.4 Å². The smallest absolute Gasteiger partial charge is 0.163 e. The quantitative estimate of drug-likeness (QED) is 0.763. The predicted molar refractivity (Wildman–Crippen MR) is 109 cm³/mol. The van der Waals surface area contributed by atoms with Gasteiger partial charge in [0.25, 0.3) is 0 Å². The summed E-state index contributed by atoms with van der Waals surface area (Å²) in [6.07, 6.45) is 7.40. The van der Waals surface area contributed by atoms with Crippen LogP contribution >= 0.6 is 0 Å². The molecule has 1 aliphatic heterocycles. The molecule has 2 aliphatic rings. The Labute approximate surface area is 165 Å². The third-order valence-corrected chi connectivity index (χ3v) is 5.97. The van der Waals surface area contributed by atoms with Crippen molar-refractivity contribution in [2.45, 2.75) is 38.2 Å². The van der Waals surface area contributed by atoms with E-state index < -0.39 is 5.60 Å². The van der Waals surface area contributed by atoms with Gasteiger partial charge in [-0.05, 0) is 50.3 Å². The van der Waals surface area contributed by atoms with Crippen LogP contribution in [0.3, 0.4) is 0 Å². The maximum absolute atomic E-state index is 11.3. The summed E-state index contributed by atoms with van der Waals surface area (Å²) in [6.45, 7) is 3.42. The molecule has 3 heterocycles. The van der Waals surface area contributed by atoms with Gasteiger partial charge in [0.1, 0.15) is 11.4 Å². The van der Waals surface area contributed by atoms with Crippen molar-refractivity contribution in [3.05, 3.63) is 71.2 Å². The van der Waals surface area contributed by atoms with Gasteiger partial charge in [0.2, 0.25) is 0 Å². The van der Waals surface area contributed by atoms with E-state index in [1.54, 1.807) is 6.20 Å². The van der Waals surface area contributed by atoms with E-state index in [1.807, 2.05) is 30.5 Å². The highest BCUT2D eigenvalue weighted by molar-refractivity contribution is 5.61. The van der Waals surface area contributed by atoms with Gasteiger partial charge in [-0.1, -0.05) is 29.8 Å². The standard InChI is InChI=1S/C23H24N4O/c1-16-7-9-18(10-8-16)23(28)11-13-27(15-23)22-19-5-2-6-20(19)25-21(26-22)17-4-3-12-24-14-17/h3-4,7-10,12,14,28H,2,5-6,11,13,15H2,1H3. The summed E-state index contributed by atoms with van der Waals surface area (Å²) in [5.74, 6) is 1.72. The Bertz CT molecular complexity index is 1000. The number of rotatable bonds is 3. The summed E-state index contributed by atoms with van der Waals surface area (Å²) in [5.41, 5.74) is 4.69. The number of aryl methyl sites for hydroxylation is 2. The number of β-amino-alcohol motifs (C(OH)–C–C–N with tert-alkyl or cyclic N) is 1. The fourth-order valence-corrected chi connectivity index (χ4v) is 4.37. The predicted octanol–water partition coefficient (Wildman–Crippen LogP) is 3.43. The van der Waals surface area contributed by atoms with E-state index in [4.69, 9.17) is 9.97 Å². The van der Waals surface area contributed by atoms with E-state index in [9.17, 15) is 5.11 Å². The van der Waals surface area contributed by atoms with Gasteiger partial charge in [-0.25, -0.2) is 9.97 Å². The van der Waals surface area contributed by atoms with Crippen LogP contribution in [0.5, 0.6) is 0 Å². The van der Waals surface area contributed by atoms with Gasteiger partial charge >= 0.3 is 0 Å². The number of aliphatic hydroxyl groups is 1. The maximum atomic E-state index is 11.3. The van der Waals surface area contributed by atoms with Gasteiger partial charge in [-0.2, -0.15) is 0 Å². The minimum atomic E-state index is -0.835. The van der Waals surface area contributed by atoms with Crippen molar-refractivity contribution in [3.63, 3.8) is 0 Å². The van der Waals surface area contributed by atoms with Crippen LogP contribution in [0, 0.1) is 6.92 Å². The number of aromatic nitrogens is 3. The average Bonchev–Trinajstić information content (AvgIpc) is 3.36. The fourth-order valence-electron chi connectivity index (χ4n) is 4.37. The SMILES string of the molecule is Cc1ccc(C2(O)CCN(c3nc(-c4cccnc4)nc4c3CCC4)C2)cc1. The number of nitrogens with zero attached hydrogens (tertiary/aromatic N) is 4. The van der Waals surface area contributed by atoms with E-state index in [0.717, 1.165) is 54.3 Å². The lowest BCUT2D eigenvalue weighted by atomic mass is 9.92. The van der Waals surface area contributed by atoms with Crippen LogP contribution in [-0.2, 0) is 18.4 Å². The molecule has 0 bridgehead atoms. The molecule has 5 heteroatoms. The second kappa shape index (κ2) is 6.67. The fraction of sp³-hybridized carbons (Fsp3) is 0.348. The second-order valence-electron chi connectivity index (χ2n) is 7.96. The molecule has 1 saturated heterocycles. The summed E-state index contributed by atoms with van der Waals surface area (Å²) in [5, 5.41) is 11.3. The zero-order valence-corrected chi connectivity index (χ0v) is 16.1. The number of anilines is 1. The molecule has 0 spiro atoms. The number of pyridine rings is 1. The van der Waals surface area contributed by atoms with E-state index >= 15 is 0 Å². The molecular formula is C23H24N4O. The molecule has 1 fully saturated rings. The van der Waals surface area contributed by atoms with E-state index in [2.05, 4.69) is 28.9 Å². The van der Waals surface area contributed by atoms with Crippen LogP contribution in [-0.4, -0.2) is 33.1 Å². The Morgan fingerprint density at radius 1 is 1.07 bits per heavy atom. The Balaban J connectivity index is 1.51. The Kier molecular flexibility index (Phi) is 4.13. The number of hydrogen-bond acceptors (Lipinski definition) is 5. The van der Waals surface area contributed by atoms with Crippen LogP contribution in [0.4, 0.5) is 5.82 Å². The zero-order chi connectivity index (χ0) is 19.1. The highest BCUT2D eigenvalue weighted by atomic mass is 16.3. The van der Waals surface area contributed by atoms with Gasteiger partial charge in [0.15, 0.2) is 5.82 Å². The van der Waals surface area contributed by atoms with Crippen molar-refractivity contribution in [2.75, 3.05) is 18.0 Å². The Hall–Kier alpha value is -2.79. The van der Waals surface area contributed by atoms with E-state index in [0.29, 0.717) is 13.0 Å². The maximum Gasteiger partial charge on any atom is 0.163 e. The molecule has 28 heavy (non-hydrogen) atoms. The molecule has 3 aromatic rings. The monoisotopic (exact) mass is 372 g/mol. The number of benzene rings is 1. The third kappa shape index (κ3) is 2.96. The molecule has 1 atom stereocenters.